The fraction of sp³-hybridized carbons (Fsp3) is 0.833. The van der Waals surface area contributed by atoms with Crippen molar-refractivity contribution in [3.63, 3.8) is 0 Å². The molecule has 0 aliphatic heterocycles. The molecular formula is C12H22O3. The van der Waals surface area contributed by atoms with Gasteiger partial charge in [0, 0.05) is 13.3 Å². The average molecular weight is 214 g/mol. The highest BCUT2D eigenvalue weighted by Crippen LogP contribution is 2.17. The summed E-state index contributed by atoms with van der Waals surface area (Å²) in [6.07, 6.45) is 5.95. The lowest BCUT2D eigenvalue weighted by Crippen LogP contribution is -2.13. The molecule has 1 unspecified atom stereocenters. The molecule has 3 nitrogen and oxygen atoms in total. The number of carbonyl (C=O) groups is 2. The third-order valence-corrected chi connectivity index (χ3v) is 2.51. The monoisotopic (exact) mass is 214 g/mol. The maximum Gasteiger partial charge on any atom is 0.313 e. The Morgan fingerprint density at radius 2 is 1.87 bits per heavy atom. The molecular weight excluding hydrogens is 192 g/mol. The van der Waals surface area contributed by atoms with Crippen LogP contribution in [-0.4, -0.2) is 11.9 Å². The van der Waals surface area contributed by atoms with E-state index in [1.807, 2.05) is 0 Å². The molecule has 3 heteroatoms. The summed E-state index contributed by atoms with van der Waals surface area (Å²) in [6.45, 7) is 5.48. The van der Waals surface area contributed by atoms with Gasteiger partial charge in [0.25, 0.3) is 0 Å². The van der Waals surface area contributed by atoms with Gasteiger partial charge >= 0.3 is 11.9 Å². The minimum Gasteiger partial charge on any atom is -0.393 e. The largest absolute Gasteiger partial charge is 0.393 e. The zero-order chi connectivity index (χ0) is 11.7. The van der Waals surface area contributed by atoms with Crippen molar-refractivity contribution in [1.29, 1.82) is 0 Å². The van der Waals surface area contributed by atoms with Gasteiger partial charge in [0.2, 0.25) is 0 Å². The normalized spacial score (nSPS) is 12.2. The van der Waals surface area contributed by atoms with Crippen molar-refractivity contribution < 1.29 is 14.3 Å². The molecule has 1 atom stereocenters. The average Bonchev–Trinajstić information content (AvgIpc) is 2.15. The van der Waals surface area contributed by atoms with Crippen molar-refractivity contribution in [3.8, 4) is 0 Å². The molecule has 0 saturated carbocycles. The summed E-state index contributed by atoms with van der Waals surface area (Å²) in [5, 5.41) is 0. The van der Waals surface area contributed by atoms with Crippen molar-refractivity contribution in [2.75, 3.05) is 0 Å². The molecule has 0 N–H and O–H groups in total. The molecule has 0 saturated heterocycles. The van der Waals surface area contributed by atoms with E-state index in [0.717, 1.165) is 19.3 Å². The Labute approximate surface area is 92.2 Å². The van der Waals surface area contributed by atoms with Gasteiger partial charge in [-0.05, 0) is 12.3 Å². The van der Waals surface area contributed by atoms with Crippen LogP contribution in [0, 0.1) is 5.92 Å². The Bertz CT molecular complexity index is 199. The molecule has 0 spiro atoms. The molecule has 0 amide bonds. The van der Waals surface area contributed by atoms with Crippen LogP contribution >= 0.6 is 0 Å². The van der Waals surface area contributed by atoms with Gasteiger partial charge in [-0.3, -0.25) is 9.59 Å². The molecule has 0 aromatic carbocycles. The number of esters is 2. The highest BCUT2D eigenvalue weighted by atomic mass is 16.6. The minimum absolute atomic E-state index is 0.364. The second-order valence-corrected chi connectivity index (χ2v) is 3.94. The molecule has 0 aromatic rings. The van der Waals surface area contributed by atoms with E-state index < -0.39 is 5.97 Å². The lowest BCUT2D eigenvalue weighted by atomic mass is 9.95. The van der Waals surface area contributed by atoms with Crippen molar-refractivity contribution in [2.45, 2.75) is 59.3 Å². The topological polar surface area (TPSA) is 43.4 Å². The quantitative estimate of drug-likeness (QED) is 0.371. The van der Waals surface area contributed by atoms with Crippen LogP contribution in [0.5, 0.6) is 0 Å². The van der Waals surface area contributed by atoms with Gasteiger partial charge in [0.1, 0.15) is 0 Å². The van der Waals surface area contributed by atoms with E-state index in [0.29, 0.717) is 12.3 Å². The van der Waals surface area contributed by atoms with E-state index in [4.69, 9.17) is 0 Å². The van der Waals surface area contributed by atoms with Gasteiger partial charge in [-0.2, -0.15) is 0 Å². The number of hydrogen-bond acceptors (Lipinski definition) is 3. The predicted molar refractivity (Wildman–Crippen MR) is 59.3 cm³/mol. The van der Waals surface area contributed by atoms with Crippen molar-refractivity contribution in [2.24, 2.45) is 5.92 Å². The standard InChI is InChI=1S/C12H22O3/c1-4-6-7-8-11(5-2)9-12(14)15-10(3)13/h11H,4-9H2,1-3H3. The van der Waals surface area contributed by atoms with Gasteiger partial charge in [0.05, 0.1) is 0 Å². The molecule has 0 heterocycles. The van der Waals surface area contributed by atoms with E-state index >= 15 is 0 Å². The summed E-state index contributed by atoms with van der Waals surface area (Å²) >= 11 is 0. The molecule has 0 aliphatic carbocycles. The van der Waals surface area contributed by atoms with E-state index in [9.17, 15) is 9.59 Å². The maximum atomic E-state index is 11.2. The van der Waals surface area contributed by atoms with Crippen LogP contribution < -0.4 is 0 Å². The van der Waals surface area contributed by atoms with Crippen molar-refractivity contribution in [1.82, 2.24) is 0 Å². The van der Waals surface area contributed by atoms with Gasteiger partial charge in [0.15, 0.2) is 0 Å². The van der Waals surface area contributed by atoms with Crippen LogP contribution in [0.25, 0.3) is 0 Å². The lowest BCUT2D eigenvalue weighted by molar-refractivity contribution is -0.158. The molecule has 0 bridgehead atoms. The second kappa shape index (κ2) is 8.45. The van der Waals surface area contributed by atoms with Gasteiger partial charge in [-0.15, -0.1) is 0 Å². The van der Waals surface area contributed by atoms with E-state index in [-0.39, 0.29) is 5.97 Å². The zero-order valence-corrected chi connectivity index (χ0v) is 10.0. The molecule has 0 radical (unpaired) electrons. The summed E-state index contributed by atoms with van der Waals surface area (Å²) in [7, 11) is 0. The van der Waals surface area contributed by atoms with Crippen LogP contribution in [0.4, 0.5) is 0 Å². The Morgan fingerprint density at radius 1 is 1.20 bits per heavy atom. The van der Waals surface area contributed by atoms with E-state index in [1.165, 1.54) is 19.8 Å². The Kier molecular flexibility index (Phi) is 7.96. The number of ether oxygens (including phenoxy) is 1. The summed E-state index contributed by atoms with van der Waals surface area (Å²) in [5.41, 5.74) is 0. The summed E-state index contributed by atoms with van der Waals surface area (Å²) in [5.74, 6) is -0.530. The zero-order valence-electron chi connectivity index (χ0n) is 10.0. The first-order valence-electron chi connectivity index (χ1n) is 5.81. The minimum atomic E-state index is -0.511. The van der Waals surface area contributed by atoms with Crippen molar-refractivity contribution >= 4 is 11.9 Å². The smallest absolute Gasteiger partial charge is 0.313 e. The van der Waals surface area contributed by atoms with Crippen LogP contribution in [0.15, 0.2) is 0 Å². The van der Waals surface area contributed by atoms with Gasteiger partial charge in [-0.1, -0.05) is 39.5 Å². The predicted octanol–water partition coefficient (Wildman–Crippen LogP) is 3.07. The summed E-state index contributed by atoms with van der Waals surface area (Å²) in [6, 6.07) is 0. The van der Waals surface area contributed by atoms with Gasteiger partial charge in [-0.25, -0.2) is 0 Å². The molecule has 0 fully saturated rings. The first kappa shape index (κ1) is 14.1. The maximum absolute atomic E-state index is 11.2. The Morgan fingerprint density at radius 3 is 2.33 bits per heavy atom. The highest BCUT2D eigenvalue weighted by molar-refractivity contribution is 5.84. The van der Waals surface area contributed by atoms with Crippen molar-refractivity contribution in [3.05, 3.63) is 0 Å². The number of hydrogen-bond donors (Lipinski definition) is 0. The van der Waals surface area contributed by atoms with Gasteiger partial charge < -0.3 is 4.74 Å². The molecule has 0 aromatic heterocycles. The number of carbonyl (C=O) groups excluding carboxylic acids is 2. The second-order valence-electron chi connectivity index (χ2n) is 3.94. The lowest BCUT2D eigenvalue weighted by Gasteiger charge is -2.12. The highest BCUT2D eigenvalue weighted by Gasteiger charge is 2.14. The van der Waals surface area contributed by atoms with E-state index in [1.54, 1.807) is 0 Å². The third-order valence-electron chi connectivity index (χ3n) is 2.51. The summed E-state index contributed by atoms with van der Waals surface area (Å²) < 4.78 is 4.51. The molecule has 0 rings (SSSR count). The fourth-order valence-corrected chi connectivity index (χ4v) is 1.57. The summed E-state index contributed by atoms with van der Waals surface area (Å²) in [4.78, 5) is 21.8. The van der Waals surface area contributed by atoms with Crippen LogP contribution in [0.3, 0.4) is 0 Å². The third kappa shape index (κ3) is 8.16. The first-order valence-corrected chi connectivity index (χ1v) is 5.81. The Balaban J connectivity index is 3.77. The molecule has 88 valence electrons. The molecule has 15 heavy (non-hydrogen) atoms. The number of rotatable bonds is 7. The molecule has 0 aliphatic rings. The number of unbranched alkanes of at least 4 members (excludes halogenated alkanes) is 2. The van der Waals surface area contributed by atoms with Crippen LogP contribution in [-0.2, 0) is 14.3 Å². The SMILES string of the molecule is CCCCCC(CC)CC(=O)OC(C)=O. The van der Waals surface area contributed by atoms with E-state index in [2.05, 4.69) is 18.6 Å². The fourth-order valence-electron chi connectivity index (χ4n) is 1.57. The van der Waals surface area contributed by atoms with Crippen LogP contribution in [0.2, 0.25) is 0 Å². The Hall–Kier alpha value is -0.860. The van der Waals surface area contributed by atoms with Crippen LogP contribution in [0.1, 0.15) is 59.3 Å². The first-order chi connectivity index (χ1) is 7.10.